The monoisotopic (exact) mass is 433 g/mol. The summed E-state index contributed by atoms with van der Waals surface area (Å²) < 4.78 is 6.00. The third-order valence-electron chi connectivity index (χ3n) is 4.94. The maximum atomic E-state index is 10.2. The van der Waals surface area contributed by atoms with Crippen LogP contribution in [0.3, 0.4) is 0 Å². The minimum absolute atomic E-state index is 0.0330. The van der Waals surface area contributed by atoms with Crippen molar-refractivity contribution in [1.29, 1.82) is 0 Å². The van der Waals surface area contributed by atoms with E-state index in [2.05, 4.69) is 32.7 Å². The van der Waals surface area contributed by atoms with Crippen molar-refractivity contribution in [3.05, 3.63) is 52.3 Å². The van der Waals surface area contributed by atoms with Gasteiger partial charge in [0.1, 0.15) is 6.04 Å². The molecule has 4 rings (SSSR count). The smallest absolute Gasteiger partial charge is 0.172 e. The molecule has 3 heterocycles. The molecule has 5 nitrogen and oxygen atoms in total. The molecule has 2 aliphatic rings. The number of ether oxygens (including phenoxy) is 1. The number of pyridine rings is 1. The number of hydrogen-bond donors (Lipinski definition) is 1. The van der Waals surface area contributed by atoms with Crippen molar-refractivity contribution in [2.75, 3.05) is 12.9 Å². The van der Waals surface area contributed by atoms with E-state index in [1.54, 1.807) is 7.11 Å². The summed E-state index contributed by atoms with van der Waals surface area (Å²) in [4.78, 5) is 12.0. The first kappa shape index (κ1) is 17.7. The molecule has 0 aliphatic carbocycles. The number of hydrogen-bond acceptors (Lipinski definition) is 6. The topological polar surface area (TPSA) is 58.0 Å². The van der Waals surface area contributed by atoms with Crippen LogP contribution in [-0.4, -0.2) is 39.1 Å². The Labute approximate surface area is 165 Å². The number of phenols is 1. The van der Waals surface area contributed by atoms with Gasteiger partial charge in [-0.1, -0.05) is 24.8 Å². The highest BCUT2D eigenvalue weighted by Crippen LogP contribution is 2.50. The van der Waals surface area contributed by atoms with Crippen molar-refractivity contribution < 1.29 is 9.84 Å². The Kier molecular flexibility index (Phi) is 4.84. The van der Waals surface area contributed by atoms with Gasteiger partial charge in [0.25, 0.3) is 0 Å². The first-order chi connectivity index (χ1) is 12.6. The zero-order valence-corrected chi connectivity index (χ0v) is 17.0. The Morgan fingerprint density at radius 2 is 2.23 bits per heavy atom. The predicted octanol–water partition coefficient (Wildman–Crippen LogP) is 4.54. The van der Waals surface area contributed by atoms with Gasteiger partial charge in [-0.15, -0.1) is 0 Å². The molecule has 0 amide bonds. The van der Waals surface area contributed by atoms with Crippen molar-refractivity contribution in [3.8, 4) is 11.5 Å². The standard InChI is InChI=1S/C19H20BrN3O2S/c1-3-12-10-26-19-22-16(14-6-4-5-7-21-14)17(23(12)19)11-8-13(20)18(24)15(9-11)25-2/h4-9,12,16-17,24H,3,10H2,1-2H3/t12-,16-,17+/m0/s1. The maximum Gasteiger partial charge on any atom is 0.172 e. The van der Waals surface area contributed by atoms with Gasteiger partial charge in [0.05, 0.1) is 23.3 Å². The lowest BCUT2D eigenvalue weighted by Crippen LogP contribution is -2.35. The number of nitrogens with zero attached hydrogens (tertiary/aromatic N) is 3. The second kappa shape index (κ2) is 7.12. The lowest BCUT2D eigenvalue weighted by Gasteiger charge is -2.32. The molecule has 0 saturated carbocycles. The minimum Gasteiger partial charge on any atom is -0.503 e. The van der Waals surface area contributed by atoms with Crippen LogP contribution in [0.15, 0.2) is 46.0 Å². The summed E-state index contributed by atoms with van der Waals surface area (Å²) in [6.45, 7) is 2.21. The fourth-order valence-corrected chi connectivity index (χ4v) is 5.43. The second-order valence-corrected chi connectivity index (χ2v) is 8.23. The van der Waals surface area contributed by atoms with Crippen LogP contribution in [0.25, 0.3) is 0 Å². The highest BCUT2D eigenvalue weighted by molar-refractivity contribution is 9.10. The lowest BCUT2D eigenvalue weighted by molar-refractivity contribution is 0.254. The summed E-state index contributed by atoms with van der Waals surface area (Å²) in [6, 6.07) is 10.2. The zero-order chi connectivity index (χ0) is 18.3. The molecule has 1 aromatic carbocycles. The van der Waals surface area contributed by atoms with Crippen molar-refractivity contribution in [3.63, 3.8) is 0 Å². The molecule has 2 aromatic rings. The van der Waals surface area contributed by atoms with E-state index in [1.165, 1.54) is 0 Å². The van der Waals surface area contributed by atoms with Gasteiger partial charge in [-0.25, -0.2) is 0 Å². The molecule has 3 atom stereocenters. The van der Waals surface area contributed by atoms with Gasteiger partial charge in [0.2, 0.25) is 0 Å². The summed E-state index contributed by atoms with van der Waals surface area (Å²) in [5.74, 6) is 1.63. The molecular weight excluding hydrogens is 414 g/mol. The van der Waals surface area contributed by atoms with Gasteiger partial charge in [-0.05, 0) is 52.2 Å². The fraction of sp³-hybridized carbons (Fsp3) is 0.368. The normalized spacial score (nSPS) is 24.5. The van der Waals surface area contributed by atoms with Gasteiger partial charge in [-0.2, -0.15) is 0 Å². The Morgan fingerprint density at radius 3 is 2.92 bits per heavy atom. The molecule has 0 radical (unpaired) electrons. The quantitative estimate of drug-likeness (QED) is 0.766. The van der Waals surface area contributed by atoms with Crippen LogP contribution in [0.5, 0.6) is 11.5 Å². The molecule has 26 heavy (non-hydrogen) atoms. The van der Waals surface area contributed by atoms with Gasteiger partial charge in [-0.3, -0.25) is 9.98 Å². The highest BCUT2D eigenvalue weighted by atomic mass is 79.9. The average Bonchev–Trinajstić information content (AvgIpc) is 3.23. The predicted molar refractivity (Wildman–Crippen MR) is 108 cm³/mol. The number of phenolic OH excluding ortho intramolecular Hbond substituents is 1. The maximum absolute atomic E-state index is 10.2. The summed E-state index contributed by atoms with van der Waals surface area (Å²) >= 11 is 5.27. The summed E-state index contributed by atoms with van der Waals surface area (Å²) in [5.41, 5.74) is 2.01. The van der Waals surface area contributed by atoms with Crippen molar-refractivity contribution in [2.24, 2.45) is 4.99 Å². The molecule has 1 aromatic heterocycles. The molecule has 1 N–H and O–H groups in total. The average molecular weight is 434 g/mol. The third kappa shape index (κ3) is 2.87. The Balaban J connectivity index is 1.83. The van der Waals surface area contributed by atoms with Crippen LogP contribution >= 0.6 is 27.7 Å². The molecule has 136 valence electrons. The number of thioether (sulfide) groups is 1. The van der Waals surface area contributed by atoms with Gasteiger partial charge >= 0.3 is 0 Å². The van der Waals surface area contributed by atoms with Crippen molar-refractivity contribution >= 4 is 32.9 Å². The van der Waals surface area contributed by atoms with E-state index >= 15 is 0 Å². The Morgan fingerprint density at radius 1 is 1.38 bits per heavy atom. The number of fused-ring (bicyclic) bond motifs is 1. The van der Waals surface area contributed by atoms with E-state index in [1.807, 2.05) is 48.3 Å². The molecule has 0 unspecified atom stereocenters. The SMILES string of the molecule is CC[C@H]1CSC2=N[C@@H](c3ccccn3)[C@@H](c3cc(Br)c(O)c(OC)c3)N21. The van der Waals surface area contributed by atoms with E-state index in [0.29, 0.717) is 16.3 Å². The van der Waals surface area contributed by atoms with Crippen molar-refractivity contribution in [1.82, 2.24) is 9.88 Å². The zero-order valence-electron chi connectivity index (χ0n) is 14.6. The van der Waals surface area contributed by atoms with Crippen LogP contribution in [0.4, 0.5) is 0 Å². The van der Waals surface area contributed by atoms with Crippen LogP contribution in [0, 0.1) is 0 Å². The lowest BCUT2D eigenvalue weighted by atomic mass is 9.95. The molecule has 0 spiro atoms. The van der Waals surface area contributed by atoms with Gasteiger partial charge < -0.3 is 14.7 Å². The Hall–Kier alpha value is -1.73. The number of aliphatic imine (C=N–C) groups is 1. The number of amidine groups is 1. The molecule has 2 aliphatic heterocycles. The summed E-state index contributed by atoms with van der Waals surface area (Å²) in [7, 11) is 1.57. The van der Waals surface area contributed by atoms with E-state index in [-0.39, 0.29) is 17.8 Å². The fourth-order valence-electron chi connectivity index (χ4n) is 3.63. The van der Waals surface area contributed by atoms with Gasteiger partial charge in [0.15, 0.2) is 16.7 Å². The number of aromatic hydroxyl groups is 1. The van der Waals surface area contributed by atoms with E-state index in [9.17, 15) is 5.11 Å². The minimum atomic E-state index is -0.0748. The first-order valence-corrected chi connectivity index (χ1v) is 10.4. The van der Waals surface area contributed by atoms with E-state index in [0.717, 1.165) is 28.6 Å². The number of aromatic nitrogens is 1. The Bertz CT molecular complexity index is 846. The largest absolute Gasteiger partial charge is 0.503 e. The number of rotatable bonds is 4. The molecule has 1 fully saturated rings. The van der Waals surface area contributed by atoms with Crippen LogP contribution in [-0.2, 0) is 0 Å². The third-order valence-corrected chi connectivity index (χ3v) is 6.67. The molecular formula is C19H20BrN3O2S. The first-order valence-electron chi connectivity index (χ1n) is 8.60. The second-order valence-electron chi connectivity index (χ2n) is 6.39. The molecule has 0 bridgehead atoms. The number of halogens is 1. The van der Waals surface area contributed by atoms with E-state index < -0.39 is 0 Å². The number of benzene rings is 1. The van der Waals surface area contributed by atoms with Gasteiger partial charge in [0, 0.05) is 18.0 Å². The molecule has 1 saturated heterocycles. The highest BCUT2D eigenvalue weighted by Gasteiger charge is 2.45. The van der Waals surface area contributed by atoms with Crippen LogP contribution in [0.2, 0.25) is 0 Å². The number of methoxy groups -OCH3 is 1. The molecule has 7 heteroatoms. The van der Waals surface area contributed by atoms with Crippen LogP contribution in [0.1, 0.15) is 36.7 Å². The van der Waals surface area contributed by atoms with E-state index in [4.69, 9.17) is 9.73 Å². The van der Waals surface area contributed by atoms with Crippen LogP contribution < -0.4 is 4.74 Å². The summed E-state index contributed by atoms with van der Waals surface area (Å²) in [5, 5.41) is 11.3. The van der Waals surface area contributed by atoms with Crippen molar-refractivity contribution in [2.45, 2.75) is 31.5 Å². The summed E-state index contributed by atoms with van der Waals surface area (Å²) in [6.07, 6.45) is 2.88.